The van der Waals surface area contributed by atoms with Crippen molar-refractivity contribution < 1.29 is 44.5 Å². The van der Waals surface area contributed by atoms with E-state index in [1.54, 1.807) is 0 Å². The van der Waals surface area contributed by atoms with Crippen molar-refractivity contribution in [1.29, 1.82) is 0 Å². The number of aliphatic hydroxyl groups excluding tert-OH is 5. The van der Waals surface area contributed by atoms with Crippen molar-refractivity contribution in [2.24, 2.45) is 46.3 Å². The molecule has 0 aromatic heterocycles. The van der Waals surface area contributed by atoms with Gasteiger partial charge in [-0.25, -0.2) is 0 Å². The molecule has 5 N–H and O–H groups in total. The Hall–Kier alpha value is -0.620. The maximum absolute atomic E-state index is 11.8. The molecule has 0 amide bonds. The second kappa shape index (κ2) is 10.5. The zero-order valence-corrected chi connectivity index (χ0v) is 25.4. The Morgan fingerprint density at radius 1 is 0.952 bits per heavy atom. The fourth-order valence-electron chi connectivity index (χ4n) is 11.6. The molecule has 238 valence electrons. The molecule has 9 nitrogen and oxygen atoms in total. The van der Waals surface area contributed by atoms with E-state index in [2.05, 4.69) is 27.4 Å². The highest BCUT2D eigenvalue weighted by Crippen LogP contribution is 2.71. The lowest BCUT2D eigenvalue weighted by Gasteiger charge is -2.62. The molecule has 1 spiro atoms. The molecule has 9 heteroatoms. The molecule has 3 aliphatic heterocycles. The standard InChI is InChI=1S/C33H52O9/c1-16-7-10-33(39-15-16)17(2)26-23(42-33)13-22-20-6-5-18-11-19(40-30-29(38)28(37)27(36)24(14-34)41-30)12-25(35)32(18,4)21(20)8-9-31(22,26)3/h17-30,34-38H,1,5-15H2,2-4H3/t17-,18+,19+,20+,21-,22+,23-,24+,25+,26-,27+,28-,29+,30+,31-,32-,33+/m0/s1. The molecular weight excluding hydrogens is 540 g/mol. The van der Waals surface area contributed by atoms with Crippen molar-refractivity contribution in [2.75, 3.05) is 13.2 Å². The van der Waals surface area contributed by atoms with E-state index in [-0.39, 0.29) is 29.0 Å². The molecule has 42 heavy (non-hydrogen) atoms. The van der Waals surface area contributed by atoms with Crippen LogP contribution >= 0.6 is 0 Å². The number of aliphatic hydroxyl groups is 5. The van der Waals surface area contributed by atoms with Gasteiger partial charge in [-0.1, -0.05) is 32.9 Å². The van der Waals surface area contributed by atoms with E-state index in [0.717, 1.165) is 56.9 Å². The van der Waals surface area contributed by atoms with Crippen LogP contribution in [-0.4, -0.2) is 93.6 Å². The van der Waals surface area contributed by atoms with Gasteiger partial charge in [0, 0.05) is 18.8 Å². The Bertz CT molecular complexity index is 1040. The molecule has 0 aromatic carbocycles. The third-order valence-corrected chi connectivity index (χ3v) is 13.9. The molecular formula is C33H52O9. The van der Waals surface area contributed by atoms with Gasteiger partial charge in [0.05, 0.1) is 31.5 Å². The van der Waals surface area contributed by atoms with Gasteiger partial charge in [-0.05, 0) is 85.4 Å². The normalized spacial score (nSPS) is 59.2. The summed E-state index contributed by atoms with van der Waals surface area (Å²) in [6.45, 7) is 11.4. The molecule has 0 radical (unpaired) electrons. The van der Waals surface area contributed by atoms with Crippen LogP contribution < -0.4 is 0 Å². The van der Waals surface area contributed by atoms with E-state index in [0.29, 0.717) is 42.6 Å². The van der Waals surface area contributed by atoms with Crippen LogP contribution in [0.25, 0.3) is 0 Å². The van der Waals surface area contributed by atoms with Crippen LogP contribution in [0.5, 0.6) is 0 Å². The molecule has 7 aliphatic rings. The first kappa shape index (κ1) is 30.1. The highest BCUT2D eigenvalue weighted by molar-refractivity contribution is 5.17. The Morgan fingerprint density at radius 3 is 2.45 bits per heavy atom. The first-order chi connectivity index (χ1) is 19.9. The van der Waals surface area contributed by atoms with Gasteiger partial charge in [0.15, 0.2) is 12.1 Å². The van der Waals surface area contributed by atoms with E-state index in [1.807, 2.05) is 0 Å². The summed E-state index contributed by atoms with van der Waals surface area (Å²) in [5.74, 6) is 2.26. The van der Waals surface area contributed by atoms with Crippen LogP contribution in [0, 0.1) is 46.3 Å². The summed E-state index contributed by atoms with van der Waals surface area (Å²) in [5, 5.41) is 52.2. The Morgan fingerprint density at radius 2 is 1.74 bits per heavy atom. The smallest absolute Gasteiger partial charge is 0.186 e. The molecule has 17 atom stereocenters. The second-order valence-electron chi connectivity index (χ2n) is 15.6. The highest BCUT2D eigenvalue weighted by atomic mass is 16.7. The van der Waals surface area contributed by atoms with E-state index in [9.17, 15) is 25.5 Å². The van der Waals surface area contributed by atoms with Crippen LogP contribution in [0.1, 0.15) is 78.6 Å². The molecule has 0 aromatic rings. The Balaban J connectivity index is 1.05. The van der Waals surface area contributed by atoms with E-state index in [1.165, 1.54) is 0 Å². The predicted octanol–water partition coefficient (Wildman–Crippen LogP) is 2.51. The molecule has 0 unspecified atom stereocenters. The minimum Gasteiger partial charge on any atom is -0.394 e. The van der Waals surface area contributed by atoms with Gasteiger partial charge in [-0.3, -0.25) is 0 Å². The number of ether oxygens (including phenoxy) is 4. The molecule has 0 bridgehead atoms. The minimum absolute atomic E-state index is 0.211. The lowest BCUT2D eigenvalue weighted by molar-refractivity contribution is -0.320. The van der Waals surface area contributed by atoms with Crippen molar-refractivity contribution >= 4 is 0 Å². The first-order valence-electron chi connectivity index (χ1n) is 16.6. The maximum Gasteiger partial charge on any atom is 0.186 e. The van der Waals surface area contributed by atoms with Gasteiger partial charge < -0.3 is 44.5 Å². The summed E-state index contributed by atoms with van der Waals surface area (Å²) >= 11 is 0. The summed E-state index contributed by atoms with van der Waals surface area (Å²) in [6.07, 6.45) is 1.45. The minimum atomic E-state index is -1.47. The van der Waals surface area contributed by atoms with Gasteiger partial charge in [0.25, 0.3) is 0 Å². The fraction of sp³-hybridized carbons (Fsp3) is 0.939. The van der Waals surface area contributed by atoms with Gasteiger partial charge in [0.1, 0.15) is 24.4 Å². The zero-order chi connectivity index (χ0) is 29.8. The number of hydrogen-bond acceptors (Lipinski definition) is 9. The van der Waals surface area contributed by atoms with Crippen molar-refractivity contribution in [3.63, 3.8) is 0 Å². The van der Waals surface area contributed by atoms with E-state index < -0.39 is 49.2 Å². The first-order valence-corrected chi connectivity index (χ1v) is 16.6. The van der Waals surface area contributed by atoms with Crippen LogP contribution in [0.3, 0.4) is 0 Å². The maximum atomic E-state index is 11.8. The Labute approximate surface area is 249 Å². The predicted molar refractivity (Wildman–Crippen MR) is 152 cm³/mol. The largest absolute Gasteiger partial charge is 0.394 e. The topological polar surface area (TPSA) is 138 Å². The monoisotopic (exact) mass is 592 g/mol. The number of fused-ring (bicyclic) bond motifs is 7. The van der Waals surface area contributed by atoms with Crippen molar-refractivity contribution in [3.8, 4) is 0 Å². The van der Waals surface area contributed by atoms with Crippen molar-refractivity contribution in [1.82, 2.24) is 0 Å². The van der Waals surface area contributed by atoms with Gasteiger partial charge in [-0.2, -0.15) is 0 Å². The second-order valence-corrected chi connectivity index (χ2v) is 15.6. The third kappa shape index (κ3) is 4.21. The highest BCUT2D eigenvalue weighted by Gasteiger charge is 2.69. The van der Waals surface area contributed by atoms with Crippen LogP contribution in [0.4, 0.5) is 0 Å². The lowest BCUT2D eigenvalue weighted by atomic mass is 9.43. The fourth-order valence-corrected chi connectivity index (χ4v) is 11.6. The summed E-state index contributed by atoms with van der Waals surface area (Å²) in [5.41, 5.74) is 1.16. The Kier molecular flexibility index (Phi) is 7.48. The zero-order valence-electron chi connectivity index (χ0n) is 25.4. The summed E-state index contributed by atoms with van der Waals surface area (Å²) in [4.78, 5) is 0. The van der Waals surface area contributed by atoms with E-state index >= 15 is 0 Å². The lowest BCUT2D eigenvalue weighted by Crippen LogP contribution is -2.62. The van der Waals surface area contributed by atoms with Gasteiger partial charge in [0.2, 0.25) is 0 Å². The number of rotatable bonds is 3. The molecule has 3 heterocycles. The van der Waals surface area contributed by atoms with E-state index in [4.69, 9.17) is 18.9 Å². The quantitative estimate of drug-likeness (QED) is 0.247. The molecule has 3 saturated heterocycles. The summed E-state index contributed by atoms with van der Waals surface area (Å²) < 4.78 is 25.0. The molecule has 4 saturated carbocycles. The average molecular weight is 593 g/mol. The van der Waals surface area contributed by atoms with Crippen LogP contribution in [0.2, 0.25) is 0 Å². The average Bonchev–Trinajstić information content (AvgIpc) is 3.41. The van der Waals surface area contributed by atoms with Crippen LogP contribution in [0.15, 0.2) is 12.2 Å². The summed E-state index contributed by atoms with van der Waals surface area (Å²) in [6, 6.07) is 0. The molecule has 7 fully saturated rings. The third-order valence-electron chi connectivity index (χ3n) is 13.9. The van der Waals surface area contributed by atoms with Crippen molar-refractivity contribution in [3.05, 3.63) is 12.2 Å². The molecule has 7 rings (SSSR count). The molecule has 4 aliphatic carbocycles. The van der Waals surface area contributed by atoms with Gasteiger partial charge >= 0.3 is 0 Å². The van der Waals surface area contributed by atoms with Crippen molar-refractivity contribution in [2.45, 2.75) is 133 Å². The number of hydrogen-bond donors (Lipinski definition) is 5. The SMILES string of the molecule is C=C1CC[C@@]2(OC1)O[C@H]1C[C@@H]3[C@@H]4CC[C@@H]5C[C@@H](O[C@@H]6O[C@H](CO)[C@@H](O)[C@H](O)[C@H]6O)C[C@@H](O)[C@]5(C)[C@H]4CC[C@]3(C)[C@H]1[C@@H]2C. The van der Waals surface area contributed by atoms with Crippen LogP contribution in [-0.2, 0) is 18.9 Å². The summed E-state index contributed by atoms with van der Waals surface area (Å²) in [7, 11) is 0. The van der Waals surface area contributed by atoms with Gasteiger partial charge in [-0.15, -0.1) is 0 Å².